The summed E-state index contributed by atoms with van der Waals surface area (Å²) in [6.45, 7) is 5.21. The standard InChI is InChI=1S/C12H19N3O3/c1-8-9(7-14(4)13-8)11(18)15(5)12(2,3)6-10(16)17/h7H,6H2,1-5H3,(H,16,17). The van der Waals surface area contributed by atoms with E-state index in [0.717, 1.165) is 0 Å². The summed E-state index contributed by atoms with van der Waals surface area (Å²) in [5, 5.41) is 13.0. The van der Waals surface area contributed by atoms with Crippen LogP contribution in [0.4, 0.5) is 0 Å². The predicted octanol–water partition coefficient (Wildman–Crippen LogP) is 1.05. The molecular formula is C12H19N3O3. The molecule has 0 saturated carbocycles. The number of carbonyl (C=O) groups excluding carboxylic acids is 1. The van der Waals surface area contributed by atoms with E-state index in [9.17, 15) is 9.59 Å². The molecule has 0 radical (unpaired) electrons. The summed E-state index contributed by atoms with van der Waals surface area (Å²) in [4.78, 5) is 24.5. The fourth-order valence-electron chi connectivity index (χ4n) is 1.75. The van der Waals surface area contributed by atoms with Gasteiger partial charge in [0, 0.05) is 25.8 Å². The Balaban J connectivity index is 2.97. The first-order chi connectivity index (χ1) is 8.15. The van der Waals surface area contributed by atoms with Crippen molar-refractivity contribution in [1.29, 1.82) is 0 Å². The fourth-order valence-corrected chi connectivity index (χ4v) is 1.75. The van der Waals surface area contributed by atoms with Crippen LogP contribution in [0.25, 0.3) is 0 Å². The largest absolute Gasteiger partial charge is 0.481 e. The van der Waals surface area contributed by atoms with Crippen LogP contribution in [0.1, 0.15) is 36.3 Å². The SMILES string of the molecule is Cc1nn(C)cc1C(=O)N(C)C(C)(C)CC(=O)O. The summed E-state index contributed by atoms with van der Waals surface area (Å²) < 4.78 is 1.57. The monoisotopic (exact) mass is 253 g/mol. The molecule has 0 aliphatic rings. The first-order valence-corrected chi connectivity index (χ1v) is 5.65. The van der Waals surface area contributed by atoms with E-state index >= 15 is 0 Å². The highest BCUT2D eigenvalue weighted by molar-refractivity contribution is 5.95. The quantitative estimate of drug-likeness (QED) is 0.870. The van der Waals surface area contributed by atoms with Crippen LogP contribution in [0.15, 0.2) is 6.20 Å². The third kappa shape index (κ3) is 2.88. The molecule has 0 aliphatic carbocycles. The predicted molar refractivity (Wildman–Crippen MR) is 66.4 cm³/mol. The lowest BCUT2D eigenvalue weighted by Gasteiger charge is -2.34. The molecule has 0 unspecified atom stereocenters. The van der Waals surface area contributed by atoms with Crippen LogP contribution in [0.3, 0.4) is 0 Å². The molecule has 100 valence electrons. The third-order valence-corrected chi connectivity index (χ3v) is 3.04. The molecule has 1 rings (SSSR count). The van der Waals surface area contributed by atoms with Gasteiger partial charge in [-0.1, -0.05) is 0 Å². The number of rotatable bonds is 4. The maximum absolute atomic E-state index is 12.3. The van der Waals surface area contributed by atoms with Crippen molar-refractivity contribution < 1.29 is 14.7 Å². The molecule has 0 atom stereocenters. The topological polar surface area (TPSA) is 75.4 Å². The van der Waals surface area contributed by atoms with Gasteiger partial charge in [-0.15, -0.1) is 0 Å². The zero-order valence-electron chi connectivity index (χ0n) is 11.4. The lowest BCUT2D eigenvalue weighted by molar-refractivity contribution is -0.139. The molecule has 0 aliphatic heterocycles. The number of hydrogen-bond donors (Lipinski definition) is 1. The highest BCUT2D eigenvalue weighted by atomic mass is 16.4. The van der Waals surface area contributed by atoms with Crippen LogP contribution in [-0.2, 0) is 11.8 Å². The lowest BCUT2D eigenvalue weighted by atomic mass is 9.98. The molecule has 1 aromatic heterocycles. The molecule has 6 heteroatoms. The number of aryl methyl sites for hydroxylation is 2. The van der Waals surface area contributed by atoms with Gasteiger partial charge in [0.1, 0.15) is 0 Å². The summed E-state index contributed by atoms with van der Waals surface area (Å²) in [6, 6.07) is 0. The Hall–Kier alpha value is -1.85. The van der Waals surface area contributed by atoms with Gasteiger partial charge in [-0.2, -0.15) is 5.10 Å². The molecule has 0 bridgehead atoms. The maximum atomic E-state index is 12.3. The number of carboxylic acid groups (broad SMARTS) is 1. The molecular weight excluding hydrogens is 234 g/mol. The van der Waals surface area contributed by atoms with Crippen molar-refractivity contribution in [2.45, 2.75) is 32.7 Å². The van der Waals surface area contributed by atoms with Gasteiger partial charge in [0.05, 0.1) is 17.7 Å². The van der Waals surface area contributed by atoms with Gasteiger partial charge in [0.15, 0.2) is 0 Å². The summed E-state index contributed by atoms with van der Waals surface area (Å²) >= 11 is 0. The summed E-state index contributed by atoms with van der Waals surface area (Å²) in [7, 11) is 3.35. The summed E-state index contributed by atoms with van der Waals surface area (Å²) in [5.41, 5.74) is 0.393. The van der Waals surface area contributed by atoms with Crippen molar-refractivity contribution in [3.63, 3.8) is 0 Å². The Morgan fingerprint density at radius 3 is 2.44 bits per heavy atom. The minimum atomic E-state index is -0.928. The van der Waals surface area contributed by atoms with Crippen molar-refractivity contribution in [1.82, 2.24) is 14.7 Å². The van der Waals surface area contributed by atoms with Gasteiger partial charge in [-0.3, -0.25) is 14.3 Å². The molecule has 0 fully saturated rings. The smallest absolute Gasteiger partial charge is 0.305 e. The molecule has 0 aromatic carbocycles. The van der Waals surface area contributed by atoms with E-state index < -0.39 is 11.5 Å². The van der Waals surface area contributed by atoms with Crippen molar-refractivity contribution in [2.75, 3.05) is 7.05 Å². The Morgan fingerprint density at radius 2 is 2.06 bits per heavy atom. The fraction of sp³-hybridized carbons (Fsp3) is 0.583. The number of carboxylic acids is 1. The van der Waals surface area contributed by atoms with Gasteiger partial charge in [0.2, 0.25) is 0 Å². The Morgan fingerprint density at radius 1 is 1.50 bits per heavy atom. The van der Waals surface area contributed by atoms with E-state index in [1.54, 1.807) is 45.7 Å². The molecule has 1 N–H and O–H groups in total. The van der Waals surface area contributed by atoms with Gasteiger partial charge in [-0.25, -0.2) is 0 Å². The number of nitrogens with zero attached hydrogens (tertiary/aromatic N) is 3. The number of carbonyl (C=O) groups is 2. The number of aromatic nitrogens is 2. The Bertz CT molecular complexity index is 477. The van der Waals surface area contributed by atoms with Gasteiger partial charge < -0.3 is 10.0 Å². The minimum Gasteiger partial charge on any atom is -0.481 e. The molecule has 0 spiro atoms. The van der Waals surface area contributed by atoms with E-state index in [2.05, 4.69) is 5.10 Å². The molecule has 0 saturated heterocycles. The van der Waals surface area contributed by atoms with E-state index in [4.69, 9.17) is 5.11 Å². The van der Waals surface area contributed by atoms with Crippen LogP contribution < -0.4 is 0 Å². The first-order valence-electron chi connectivity index (χ1n) is 5.65. The normalized spacial score (nSPS) is 11.4. The average Bonchev–Trinajstić information content (AvgIpc) is 2.53. The van der Waals surface area contributed by atoms with Gasteiger partial charge in [0.25, 0.3) is 5.91 Å². The second-order valence-electron chi connectivity index (χ2n) is 5.05. The van der Waals surface area contributed by atoms with Gasteiger partial charge >= 0.3 is 5.97 Å². The Labute approximate surface area is 106 Å². The second kappa shape index (κ2) is 4.80. The van der Waals surface area contributed by atoms with E-state index in [0.29, 0.717) is 11.3 Å². The minimum absolute atomic E-state index is 0.103. The lowest BCUT2D eigenvalue weighted by Crippen LogP contribution is -2.46. The molecule has 18 heavy (non-hydrogen) atoms. The second-order valence-corrected chi connectivity index (χ2v) is 5.05. The van der Waals surface area contributed by atoms with E-state index in [1.165, 1.54) is 4.90 Å². The van der Waals surface area contributed by atoms with Crippen LogP contribution in [0.5, 0.6) is 0 Å². The average molecular weight is 253 g/mol. The maximum Gasteiger partial charge on any atom is 0.305 e. The van der Waals surface area contributed by atoms with Crippen LogP contribution >= 0.6 is 0 Å². The van der Waals surface area contributed by atoms with E-state index in [1.807, 2.05) is 0 Å². The van der Waals surface area contributed by atoms with Crippen molar-refractivity contribution in [3.05, 3.63) is 17.5 Å². The van der Waals surface area contributed by atoms with E-state index in [-0.39, 0.29) is 12.3 Å². The molecule has 1 amide bonds. The van der Waals surface area contributed by atoms with Crippen molar-refractivity contribution in [2.24, 2.45) is 7.05 Å². The van der Waals surface area contributed by atoms with Crippen molar-refractivity contribution in [3.8, 4) is 0 Å². The number of hydrogen-bond acceptors (Lipinski definition) is 3. The summed E-state index contributed by atoms with van der Waals surface area (Å²) in [6.07, 6.45) is 1.54. The van der Waals surface area contributed by atoms with Crippen LogP contribution in [-0.4, -0.2) is 44.3 Å². The molecule has 6 nitrogen and oxygen atoms in total. The van der Waals surface area contributed by atoms with Gasteiger partial charge in [-0.05, 0) is 20.8 Å². The summed E-state index contributed by atoms with van der Waals surface area (Å²) in [5.74, 6) is -1.14. The highest BCUT2D eigenvalue weighted by Gasteiger charge is 2.31. The Kier molecular flexibility index (Phi) is 3.79. The zero-order chi connectivity index (χ0) is 14.1. The number of aliphatic carboxylic acids is 1. The highest BCUT2D eigenvalue weighted by Crippen LogP contribution is 2.20. The third-order valence-electron chi connectivity index (χ3n) is 3.04. The van der Waals surface area contributed by atoms with Crippen molar-refractivity contribution >= 4 is 11.9 Å². The molecule has 1 aromatic rings. The number of amides is 1. The molecule has 1 heterocycles. The van der Waals surface area contributed by atoms with Crippen LogP contribution in [0.2, 0.25) is 0 Å². The van der Waals surface area contributed by atoms with Crippen LogP contribution in [0, 0.1) is 6.92 Å². The zero-order valence-corrected chi connectivity index (χ0v) is 11.4. The first kappa shape index (κ1) is 14.2.